The molecule has 200 valence electrons. The van der Waals surface area contributed by atoms with Gasteiger partial charge in [0.1, 0.15) is 6.04 Å². The van der Waals surface area contributed by atoms with E-state index in [4.69, 9.17) is 10.5 Å². The minimum Gasteiger partial charge on any atom is -0.468 e. The van der Waals surface area contributed by atoms with Gasteiger partial charge in [-0.3, -0.25) is 19.7 Å². The van der Waals surface area contributed by atoms with Crippen LogP contribution in [0.25, 0.3) is 0 Å². The third kappa shape index (κ3) is 9.63. The molecule has 8 nitrogen and oxygen atoms in total. The molecule has 3 rings (SSSR count). The molecular weight excluding hydrogens is 468 g/mol. The summed E-state index contributed by atoms with van der Waals surface area (Å²) in [6.07, 6.45) is 6.65. The average molecular weight is 509 g/mol. The maximum Gasteiger partial charge on any atom is 0.319 e. The van der Waals surface area contributed by atoms with Gasteiger partial charge in [0.25, 0.3) is 0 Å². The van der Waals surface area contributed by atoms with Crippen LogP contribution >= 0.6 is 0 Å². The van der Waals surface area contributed by atoms with Crippen LogP contribution in [-0.4, -0.2) is 43.5 Å². The van der Waals surface area contributed by atoms with E-state index in [2.05, 4.69) is 16.0 Å². The van der Waals surface area contributed by atoms with E-state index in [0.717, 1.165) is 42.4 Å². The number of rotatable bonds is 13. The number of carbonyl (C=O) groups is 3. The number of carbonyl (C=O) groups excluding carboxylic acids is 3. The smallest absolute Gasteiger partial charge is 0.319 e. The number of benzene rings is 2. The topological polar surface area (TPSA) is 123 Å². The second-order valence-corrected chi connectivity index (χ2v) is 9.74. The van der Waals surface area contributed by atoms with Crippen LogP contribution in [0.5, 0.6) is 0 Å². The Morgan fingerprint density at radius 1 is 0.892 bits per heavy atom. The Hall–Kier alpha value is -3.23. The molecule has 0 saturated heterocycles. The van der Waals surface area contributed by atoms with Crippen LogP contribution in [0.15, 0.2) is 54.6 Å². The lowest BCUT2D eigenvalue weighted by Crippen LogP contribution is -2.54. The Labute approximate surface area is 219 Å². The minimum absolute atomic E-state index is 0.0599. The predicted octanol–water partition coefficient (Wildman–Crippen LogP) is 2.59. The van der Waals surface area contributed by atoms with E-state index < -0.39 is 18.1 Å². The molecule has 0 aromatic heterocycles. The number of esters is 1. The number of nitrogens with one attached hydrogen (secondary N) is 3. The maximum atomic E-state index is 13.5. The second kappa shape index (κ2) is 15.1. The van der Waals surface area contributed by atoms with Crippen LogP contribution in [0.4, 0.5) is 0 Å². The normalized spacial score (nSPS) is 15.4. The molecule has 0 radical (unpaired) electrons. The maximum absolute atomic E-state index is 13.5. The first-order chi connectivity index (χ1) is 18.0. The Balaban J connectivity index is 1.69. The lowest BCUT2D eigenvalue weighted by molar-refractivity contribution is -0.140. The van der Waals surface area contributed by atoms with E-state index in [1.54, 1.807) is 0 Å². The molecule has 1 aliphatic rings. The SMILES string of the molecule is COC(=O)CN[C@H](CC1CCCCC1)C(=O)N[C@@H](Cc1ccccc1)C(=O)NCc1ccc(CN)cc1. The first kappa shape index (κ1) is 28.3. The summed E-state index contributed by atoms with van der Waals surface area (Å²) in [5, 5.41) is 9.00. The highest BCUT2D eigenvalue weighted by atomic mass is 16.5. The summed E-state index contributed by atoms with van der Waals surface area (Å²) in [7, 11) is 1.32. The van der Waals surface area contributed by atoms with Gasteiger partial charge in [-0.25, -0.2) is 0 Å². The van der Waals surface area contributed by atoms with Crippen LogP contribution in [0.1, 0.15) is 55.2 Å². The number of amides is 2. The zero-order valence-electron chi connectivity index (χ0n) is 21.7. The Morgan fingerprint density at radius 3 is 2.22 bits per heavy atom. The minimum atomic E-state index is -0.757. The van der Waals surface area contributed by atoms with Crippen molar-refractivity contribution in [2.45, 2.75) is 70.1 Å². The van der Waals surface area contributed by atoms with Gasteiger partial charge in [0.2, 0.25) is 11.8 Å². The van der Waals surface area contributed by atoms with Crippen molar-refractivity contribution in [1.82, 2.24) is 16.0 Å². The fourth-order valence-electron chi connectivity index (χ4n) is 4.75. The van der Waals surface area contributed by atoms with Gasteiger partial charge in [-0.15, -0.1) is 0 Å². The summed E-state index contributed by atoms with van der Waals surface area (Å²) in [5.74, 6) is -0.560. The highest BCUT2D eigenvalue weighted by molar-refractivity contribution is 5.90. The number of hydrogen-bond acceptors (Lipinski definition) is 6. The molecule has 2 aromatic carbocycles. The molecular formula is C29H40N4O4. The second-order valence-electron chi connectivity index (χ2n) is 9.74. The number of hydrogen-bond donors (Lipinski definition) is 4. The van der Waals surface area contributed by atoms with Crippen molar-refractivity contribution in [3.8, 4) is 0 Å². The third-order valence-electron chi connectivity index (χ3n) is 6.97. The Morgan fingerprint density at radius 2 is 1.57 bits per heavy atom. The monoisotopic (exact) mass is 508 g/mol. The highest BCUT2D eigenvalue weighted by Crippen LogP contribution is 2.27. The van der Waals surface area contributed by atoms with Gasteiger partial charge in [-0.2, -0.15) is 0 Å². The molecule has 0 spiro atoms. The van der Waals surface area contributed by atoms with Gasteiger partial charge in [0.15, 0.2) is 0 Å². The fraction of sp³-hybridized carbons (Fsp3) is 0.483. The van der Waals surface area contributed by atoms with Crippen molar-refractivity contribution in [3.63, 3.8) is 0 Å². The summed E-state index contributed by atoms with van der Waals surface area (Å²) < 4.78 is 4.75. The standard InChI is InChI=1S/C29H40N4O4/c1-37-27(34)20-31-25(16-21-8-4-2-5-9-21)29(36)33-26(17-22-10-6-3-7-11-22)28(35)32-19-24-14-12-23(18-30)13-15-24/h3,6-7,10-15,21,25-26,31H,2,4-5,8-9,16-20,30H2,1H3,(H,32,35)(H,33,36)/t25-,26+/m1/s1. The van der Waals surface area contributed by atoms with Crippen LogP contribution < -0.4 is 21.7 Å². The molecule has 8 heteroatoms. The van der Waals surface area contributed by atoms with Crippen molar-refractivity contribution in [3.05, 3.63) is 71.3 Å². The van der Waals surface area contributed by atoms with Crippen molar-refractivity contribution < 1.29 is 19.1 Å². The molecule has 0 bridgehead atoms. The van der Waals surface area contributed by atoms with E-state index >= 15 is 0 Å². The zero-order valence-corrected chi connectivity index (χ0v) is 21.7. The van der Waals surface area contributed by atoms with Gasteiger partial charge >= 0.3 is 5.97 Å². The van der Waals surface area contributed by atoms with Gasteiger partial charge in [0, 0.05) is 19.5 Å². The molecule has 2 aromatic rings. The summed E-state index contributed by atoms with van der Waals surface area (Å²) in [6, 6.07) is 16.0. The lowest BCUT2D eigenvalue weighted by atomic mass is 9.84. The van der Waals surface area contributed by atoms with E-state index in [0.29, 0.717) is 31.8 Å². The third-order valence-corrected chi connectivity index (χ3v) is 6.97. The summed E-state index contributed by atoms with van der Waals surface area (Å²) in [6.45, 7) is 0.746. The van der Waals surface area contributed by atoms with E-state index in [1.807, 2.05) is 54.6 Å². The van der Waals surface area contributed by atoms with Crippen molar-refractivity contribution in [2.24, 2.45) is 11.7 Å². The molecule has 1 fully saturated rings. The Kier molecular flexibility index (Phi) is 11.6. The van der Waals surface area contributed by atoms with Gasteiger partial charge < -0.3 is 21.1 Å². The van der Waals surface area contributed by atoms with E-state index in [-0.39, 0.29) is 18.4 Å². The van der Waals surface area contributed by atoms with E-state index in [9.17, 15) is 14.4 Å². The molecule has 1 aliphatic carbocycles. The lowest BCUT2D eigenvalue weighted by Gasteiger charge is -2.28. The average Bonchev–Trinajstić information content (AvgIpc) is 2.94. The van der Waals surface area contributed by atoms with E-state index in [1.165, 1.54) is 13.5 Å². The quantitative estimate of drug-likeness (QED) is 0.309. The van der Waals surface area contributed by atoms with Gasteiger partial charge in [0.05, 0.1) is 19.7 Å². The predicted molar refractivity (Wildman–Crippen MR) is 143 cm³/mol. The molecule has 5 N–H and O–H groups in total. The van der Waals surface area contributed by atoms with Crippen LogP contribution in [0.2, 0.25) is 0 Å². The zero-order chi connectivity index (χ0) is 26.5. The first-order valence-electron chi connectivity index (χ1n) is 13.2. The molecule has 0 heterocycles. The summed E-state index contributed by atoms with van der Waals surface area (Å²) in [4.78, 5) is 38.5. The molecule has 2 atom stereocenters. The van der Waals surface area contributed by atoms with Crippen molar-refractivity contribution in [2.75, 3.05) is 13.7 Å². The van der Waals surface area contributed by atoms with Crippen molar-refractivity contribution >= 4 is 17.8 Å². The fourth-order valence-corrected chi connectivity index (χ4v) is 4.75. The van der Waals surface area contributed by atoms with Crippen molar-refractivity contribution in [1.29, 1.82) is 0 Å². The Bertz CT molecular complexity index is 991. The largest absolute Gasteiger partial charge is 0.468 e. The molecule has 1 saturated carbocycles. The van der Waals surface area contributed by atoms with Gasteiger partial charge in [-0.05, 0) is 29.0 Å². The van der Waals surface area contributed by atoms with Crippen LogP contribution in [0, 0.1) is 5.92 Å². The summed E-state index contributed by atoms with van der Waals surface area (Å²) >= 11 is 0. The number of ether oxygens (including phenoxy) is 1. The molecule has 0 unspecified atom stereocenters. The summed E-state index contributed by atoms with van der Waals surface area (Å²) in [5.41, 5.74) is 8.59. The molecule has 37 heavy (non-hydrogen) atoms. The molecule has 0 aliphatic heterocycles. The first-order valence-corrected chi connectivity index (χ1v) is 13.2. The van der Waals surface area contributed by atoms with Crippen LogP contribution in [-0.2, 0) is 38.6 Å². The van der Waals surface area contributed by atoms with Gasteiger partial charge in [-0.1, -0.05) is 86.7 Å². The molecule has 2 amide bonds. The van der Waals surface area contributed by atoms with Crippen LogP contribution in [0.3, 0.4) is 0 Å². The number of nitrogens with two attached hydrogens (primary N) is 1. The number of methoxy groups -OCH3 is 1. The highest BCUT2D eigenvalue weighted by Gasteiger charge is 2.29.